The molecule has 0 amide bonds. The van der Waals surface area contributed by atoms with Gasteiger partial charge in [0.15, 0.2) is 0 Å². The fourth-order valence-corrected chi connectivity index (χ4v) is 4.03. The fourth-order valence-electron chi connectivity index (χ4n) is 3.31. The first-order valence-corrected chi connectivity index (χ1v) is 8.21. The second-order valence-corrected chi connectivity index (χ2v) is 6.59. The summed E-state index contributed by atoms with van der Waals surface area (Å²) in [4.78, 5) is 23.6. The Bertz CT molecular complexity index is 653. The molecule has 112 valence electrons. The molecule has 3 heterocycles. The molecule has 1 fully saturated rings. The van der Waals surface area contributed by atoms with Gasteiger partial charge in [-0.05, 0) is 30.7 Å². The lowest BCUT2D eigenvalue weighted by Crippen LogP contribution is -2.48. The van der Waals surface area contributed by atoms with Crippen molar-refractivity contribution >= 4 is 33.3 Å². The summed E-state index contributed by atoms with van der Waals surface area (Å²) in [6.45, 7) is 3.45. The molecule has 21 heavy (non-hydrogen) atoms. The number of piperidine rings is 1. The Morgan fingerprint density at radius 3 is 3.14 bits per heavy atom. The van der Waals surface area contributed by atoms with Crippen molar-refractivity contribution < 1.29 is 9.90 Å². The molecule has 1 aliphatic rings. The lowest BCUT2D eigenvalue weighted by Gasteiger charge is -2.40. The van der Waals surface area contributed by atoms with E-state index in [1.165, 1.54) is 0 Å². The van der Waals surface area contributed by atoms with E-state index < -0.39 is 11.4 Å². The molecule has 0 bridgehead atoms. The van der Waals surface area contributed by atoms with Gasteiger partial charge in [0.2, 0.25) is 0 Å². The molecule has 6 heteroatoms. The van der Waals surface area contributed by atoms with Crippen molar-refractivity contribution in [2.24, 2.45) is 5.41 Å². The number of carbonyl (C=O) groups is 1. The predicted molar refractivity (Wildman–Crippen MR) is 83.8 cm³/mol. The van der Waals surface area contributed by atoms with Crippen molar-refractivity contribution in [2.45, 2.75) is 32.6 Å². The maximum Gasteiger partial charge on any atom is 0.311 e. The highest BCUT2D eigenvalue weighted by Crippen LogP contribution is 2.38. The maximum atomic E-state index is 11.8. The van der Waals surface area contributed by atoms with Gasteiger partial charge in [0.05, 0.1) is 10.8 Å². The van der Waals surface area contributed by atoms with Gasteiger partial charge in [-0.2, -0.15) is 0 Å². The van der Waals surface area contributed by atoms with Crippen LogP contribution in [0.25, 0.3) is 10.2 Å². The number of aliphatic carboxylic acids is 1. The molecule has 2 aromatic heterocycles. The number of carboxylic acid groups (broad SMARTS) is 1. The van der Waals surface area contributed by atoms with E-state index in [-0.39, 0.29) is 0 Å². The van der Waals surface area contributed by atoms with Crippen LogP contribution in [-0.4, -0.2) is 34.1 Å². The monoisotopic (exact) mass is 305 g/mol. The van der Waals surface area contributed by atoms with Crippen LogP contribution in [0.3, 0.4) is 0 Å². The number of thiophene rings is 1. The molecule has 1 atom stereocenters. The molecule has 1 N–H and O–H groups in total. The van der Waals surface area contributed by atoms with Gasteiger partial charge in [-0.3, -0.25) is 4.79 Å². The smallest absolute Gasteiger partial charge is 0.311 e. The lowest BCUT2D eigenvalue weighted by atomic mass is 9.76. The topological polar surface area (TPSA) is 66.3 Å². The number of rotatable bonds is 4. The van der Waals surface area contributed by atoms with Crippen molar-refractivity contribution in [1.29, 1.82) is 0 Å². The lowest BCUT2D eigenvalue weighted by molar-refractivity contribution is -0.150. The second kappa shape index (κ2) is 5.60. The van der Waals surface area contributed by atoms with E-state index in [1.807, 2.05) is 18.4 Å². The summed E-state index contributed by atoms with van der Waals surface area (Å²) in [5.41, 5.74) is -0.639. The molecular formula is C15H19N3O2S. The van der Waals surface area contributed by atoms with Gasteiger partial charge in [-0.1, -0.05) is 13.3 Å². The molecule has 0 radical (unpaired) electrons. The highest BCUT2D eigenvalue weighted by atomic mass is 32.1. The van der Waals surface area contributed by atoms with E-state index in [0.29, 0.717) is 6.54 Å². The van der Waals surface area contributed by atoms with E-state index in [0.717, 1.165) is 48.3 Å². The summed E-state index contributed by atoms with van der Waals surface area (Å²) in [7, 11) is 0. The fraction of sp³-hybridized carbons (Fsp3) is 0.533. The number of hydrogen-bond donors (Lipinski definition) is 1. The number of nitrogens with zero attached hydrogens (tertiary/aromatic N) is 3. The van der Waals surface area contributed by atoms with E-state index in [9.17, 15) is 9.90 Å². The first-order chi connectivity index (χ1) is 10.2. The summed E-state index contributed by atoms with van der Waals surface area (Å²) in [6.07, 6.45) is 4.83. The van der Waals surface area contributed by atoms with Crippen molar-refractivity contribution in [3.63, 3.8) is 0 Å². The predicted octanol–water partition coefficient (Wildman–Crippen LogP) is 3.16. The Morgan fingerprint density at radius 1 is 1.52 bits per heavy atom. The van der Waals surface area contributed by atoms with Crippen LogP contribution in [-0.2, 0) is 4.79 Å². The van der Waals surface area contributed by atoms with Crippen LogP contribution in [0.2, 0.25) is 0 Å². The molecule has 0 spiro atoms. The van der Waals surface area contributed by atoms with Crippen LogP contribution in [0.1, 0.15) is 32.6 Å². The third kappa shape index (κ3) is 2.48. The van der Waals surface area contributed by atoms with Crippen molar-refractivity contribution in [2.75, 3.05) is 18.0 Å². The van der Waals surface area contributed by atoms with Crippen molar-refractivity contribution in [3.8, 4) is 0 Å². The summed E-state index contributed by atoms with van der Waals surface area (Å²) in [5, 5.41) is 12.7. The van der Waals surface area contributed by atoms with E-state index in [2.05, 4.69) is 14.9 Å². The van der Waals surface area contributed by atoms with Crippen LogP contribution in [0, 0.1) is 5.41 Å². The minimum absolute atomic E-state index is 0.540. The molecule has 0 aromatic carbocycles. The number of aromatic nitrogens is 2. The molecule has 1 aliphatic heterocycles. The molecule has 1 unspecified atom stereocenters. The van der Waals surface area contributed by atoms with Gasteiger partial charge < -0.3 is 10.0 Å². The maximum absolute atomic E-state index is 11.8. The summed E-state index contributed by atoms with van der Waals surface area (Å²) >= 11 is 1.59. The van der Waals surface area contributed by atoms with Gasteiger partial charge in [0.1, 0.15) is 17.0 Å². The quantitative estimate of drug-likeness (QED) is 0.940. The molecule has 1 saturated heterocycles. The Hall–Kier alpha value is -1.69. The Labute approximate surface area is 127 Å². The van der Waals surface area contributed by atoms with E-state index in [1.54, 1.807) is 17.7 Å². The zero-order valence-corrected chi connectivity index (χ0v) is 12.9. The highest BCUT2D eigenvalue weighted by Gasteiger charge is 2.42. The average Bonchev–Trinajstić information content (AvgIpc) is 2.96. The summed E-state index contributed by atoms with van der Waals surface area (Å²) in [6, 6.07) is 2.02. The summed E-state index contributed by atoms with van der Waals surface area (Å²) < 4.78 is 0. The highest BCUT2D eigenvalue weighted by molar-refractivity contribution is 7.16. The van der Waals surface area contributed by atoms with E-state index >= 15 is 0 Å². The van der Waals surface area contributed by atoms with Crippen LogP contribution in [0.5, 0.6) is 0 Å². The molecule has 3 rings (SSSR count). The zero-order valence-electron chi connectivity index (χ0n) is 12.1. The average molecular weight is 305 g/mol. The SMILES string of the molecule is CCCC1(C(=O)O)CCCN(c2ncnc3sccc23)C1. The minimum Gasteiger partial charge on any atom is -0.481 e. The van der Waals surface area contributed by atoms with Crippen LogP contribution in [0.15, 0.2) is 17.8 Å². The number of anilines is 1. The standard InChI is InChI=1S/C15H19N3O2S/c1-2-5-15(14(19)20)6-3-7-18(9-15)12-11-4-8-21-13(11)17-10-16-12/h4,8,10H,2-3,5-7,9H2,1H3,(H,19,20). The Morgan fingerprint density at radius 2 is 2.38 bits per heavy atom. The van der Waals surface area contributed by atoms with Gasteiger partial charge in [-0.15, -0.1) is 11.3 Å². The molecule has 5 nitrogen and oxygen atoms in total. The number of carboxylic acids is 1. The van der Waals surface area contributed by atoms with Crippen LogP contribution in [0.4, 0.5) is 5.82 Å². The first kappa shape index (κ1) is 14.3. The van der Waals surface area contributed by atoms with Gasteiger partial charge in [0, 0.05) is 13.1 Å². The van der Waals surface area contributed by atoms with E-state index in [4.69, 9.17) is 0 Å². The third-order valence-electron chi connectivity index (χ3n) is 4.30. The molecular weight excluding hydrogens is 286 g/mol. The van der Waals surface area contributed by atoms with Gasteiger partial charge in [-0.25, -0.2) is 9.97 Å². The largest absolute Gasteiger partial charge is 0.481 e. The van der Waals surface area contributed by atoms with Crippen LogP contribution >= 0.6 is 11.3 Å². The minimum atomic E-state index is -0.676. The molecule has 0 aliphatic carbocycles. The third-order valence-corrected chi connectivity index (χ3v) is 5.12. The van der Waals surface area contributed by atoms with Gasteiger partial charge in [0.25, 0.3) is 0 Å². The summed E-state index contributed by atoms with van der Waals surface area (Å²) in [5.74, 6) is 0.201. The molecule has 2 aromatic rings. The number of fused-ring (bicyclic) bond motifs is 1. The van der Waals surface area contributed by atoms with Crippen LogP contribution < -0.4 is 4.90 Å². The second-order valence-electron chi connectivity index (χ2n) is 5.70. The Kier molecular flexibility index (Phi) is 3.80. The van der Waals surface area contributed by atoms with Crippen molar-refractivity contribution in [3.05, 3.63) is 17.8 Å². The normalized spacial score (nSPS) is 22.6. The van der Waals surface area contributed by atoms with Crippen molar-refractivity contribution in [1.82, 2.24) is 9.97 Å². The first-order valence-electron chi connectivity index (χ1n) is 7.33. The molecule has 0 saturated carbocycles. The Balaban J connectivity index is 1.95. The van der Waals surface area contributed by atoms with Gasteiger partial charge >= 0.3 is 5.97 Å². The number of hydrogen-bond acceptors (Lipinski definition) is 5. The zero-order chi connectivity index (χ0) is 14.9.